The molecule has 0 saturated carbocycles. The van der Waals surface area contributed by atoms with E-state index in [1.807, 2.05) is 31.2 Å². The van der Waals surface area contributed by atoms with Gasteiger partial charge < -0.3 is 9.84 Å². The third kappa shape index (κ3) is 3.04. The Morgan fingerprint density at radius 1 is 1.36 bits per heavy atom. The number of benzene rings is 1. The van der Waals surface area contributed by atoms with Gasteiger partial charge >= 0.3 is 0 Å². The molecule has 0 spiro atoms. The van der Waals surface area contributed by atoms with E-state index >= 15 is 0 Å². The zero-order valence-corrected chi connectivity index (χ0v) is 8.86. The summed E-state index contributed by atoms with van der Waals surface area (Å²) in [5.41, 5.74) is 1.14. The largest absolute Gasteiger partial charge is 0.493 e. The van der Waals surface area contributed by atoms with Crippen LogP contribution in [0.3, 0.4) is 0 Å². The quantitative estimate of drug-likeness (QED) is 0.780. The molecule has 0 aliphatic carbocycles. The smallest absolute Gasteiger partial charge is 0.122 e. The summed E-state index contributed by atoms with van der Waals surface area (Å²) >= 11 is 0. The third-order valence-electron chi connectivity index (χ3n) is 2.40. The average Bonchev–Trinajstić information content (AvgIpc) is 2.22. The summed E-state index contributed by atoms with van der Waals surface area (Å²) in [6.45, 7) is 4.87. The van der Waals surface area contributed by atoms with Crippen LogP contribution in [0, 0.1) is 12.8 Å². The molecule has 0 aromatic heterocycles. The molecule has 1 unspecified atom stereocenters. The van der Waals surface area contributed by atoms with Crippen molar-refractivity contribution >= 4 is 0 Å². The molecule has 0 radical (unpaired) electrons. The minimum Gasteiger partial charge on any atom is -0.493 e. The Bertz CT molecular complexity index is 267. The highest BCUT2D eigenvalue weighted by atomic mass is 16.5. The first kappa shape index (κ1) is 11.1. The fourth-order valence-electron chi connectivity index (χ4n) is 1.23. The molecule has 0 bridgehead atoms. The third-order valence-corrected chi connectivity index (χ3v) is 2.40. The maximum Gasteiger partial charge on any atom is 0.122 e. The molecule has 2 heteroatoms. The highest BCUT2D eigenvalue weighted by molar-refractivity contribution is 5.31. The summed E-state index contributed by atoms with van der Waals surface area (Å²) < 4.78 is 5.62. The van der Waals surface area contributed by atoms with Crippen LogP contribution in [0.4, 0.5) is 0 Å². The Labute approximate surface area is 85.5 Å². The Balaban J connectivity index is 2.49. The Morgan fingerprint density at radius 3 is 2.64 bits per heavy atom. The molecule has 78 valence electrons. The Kier molecular flexibility index (Phi) is 4.47. The number of aliphatic hydroxyl groups excluding tert-OH is 1. The molecule has 0 aliphatic heterocycles. The van der Waals surface area contributed by atoms with Crippen molar-refractivity contribution in [3.05, 3.63) is 29.8 Å². The monoisotopic (exact) mass is 194 g/mol. The number of para-hydroxylation sites is 1. The van der Waals surface area contributed by atoms with Gasteiger partial charge in [0.25, 0.3) is 0 Å². The van der Waals surface area contributed by atoms with Gasteiger partial charge in [-0.25, -0.2) is 0 Å². The van der Waals surface area contributed by atoms with Gasteiger partial charge in [-0.2, -0.15) is 0 Å². The van der Waals surface area contributed by atoms with Crippen molar-refractivity contribution < 1.29 is 9.84 Å². The van der Waals surface area contributed by atoms with Gasteiger partial charge in [0.2, 0.25) is 0 Å². The van der Waals surface area contributed by atoms with Gasteiger partial charge in [-0.1, -0.05) is 25.1 Å². The lowest BCUT2D eigenvalue weighted by Crippen LogP contribution is -2.15. The van der Waals surface area contributed by atoms with Crippen LogP contribution in [0.25, 0.3) is 0 Å². The van der Waals surface area contributed by atoms with Crippen LogP contribution in [-0.2, 0) is 0 Å². The summed E-state index contributed by atoms with van der Waals surface area (Å²) in [5.74, 6) is 1.16. The van der Waals surface area contributed by atoms with E-state index in [4.69, 9.17) is 9.84 Å². The minimum atomic E-state index is 0.197. The number of rotatable bonds is 5. The first-order valence-electron chi connectivity index (χ1n) is 5.07. The summed E-state index contributed by atoms with van der Waals surface area (Å²) in [6.07, 6.45) is 0.947. The van der Waals surface area contributed by atoms with Crippen LogP contribution in [0.2, 0.25) is 0 Å². The van der Waals surface area contributed by atoms with Crippen molar-refractivity contribution in [2.45, 2.75) is 20.3 Å². The molecule has 0 saturated heterocycles. The molecule has 14 heavy (non-hydrogen) atoms. The van der Waals surface area contributed by atoms with E-state index < -0.39 is 0 Å². The predicted molar refractivity (Wildman–Crippen MR) is 57.5 cm³/mol. The minimum absolute atomic E-state index is 0.197. The number of aliphatic hydroxyl groups is 1. The van der Waals surface area contributed by atoms with E-state index in [0.29, 0.717) is 6.61 Å². The van der Waals surface area contributed by atoms with Crippen LogP contribution >= 0.6 is 0 Å². The number of hydrogen-bond acceptors (Lipinski definition) is 2. The van der Waals surface area contributed by atoms with Crippen LogP contribution in [0.1, 0.15) is 18.9 Å². The summed E-state index contributed by atoms with van der Waals surface area (Å²) in [6, 6.07) is 7.93. The van der Waals surface area contributed by atoms with Gasteiger partial charge in [0.1, 0.15) is 5.75 Å². The van der Waals surface area contributed by atoms with E-state index in [0.717, 1.165) is 17.7 Å². The fourth-order valence-corrected chi connectivity index (χ4v) is 1.23. The standard InChI is InChI=1S/C12H18O2/c1-3-11(8-13)9-14-12-7-5-4-6-10(12)2/h4-7,11,13H,3,8-9H2,1-2H3. The second-order valence-corrected chi connectivity index (χ2v) is 3.53. The highest BCUT2D eigenvalue weighted by Gasteiger charge is 2.06. The Hall–Kier alpha value is -1.02. The van der Waals surface area contributed by atoms with Gasteiger partial charge in [0.15, 0.2) is 0 Å². The van der Waals surface area contributed by atoms with Crippen molar-refractivity contribution in [3.63, 3.8) is 0 Å². The van der Waals surface area contributed by atoms with Gasteiger partial charge in [0.05, 0.1) is 6.61 Å². The molecule has 1 aromatic carbocycles. The molecule has 0 fully saturated rings. The molecule has 0 heterocycles. The molecule has 1 N–H and O–H groups in total. The van der Waals surface area contributed by atoms with Crippen LogP contribution < -0.4 is 4.74 Å². The zero-order chi connectivity index (χ0) is 10.4. The first-order valence-corrected chi connectivity index (χ1v) is 5.07. The number of ether oxygens (including phenoxy) is 1. The summed E-state index contributed by atoms with van der Waals surface area (Å²) in [5, 5.41) is 8.99. The van der Waals surface area contributed by atoms with E-state index in [9.17, 15) is 0 Å². The Morgan fingerprint density at radius 2 is 2.07 bits per heavy atom. The SMILES string of the molecule is CCC(CO)COc1ccccc1C. The lowest BCUT2D eigenvalue weighted by atomic mass is 10.1. The zero-order valence-electron chi connectivity index (χ0n) is 8.86. The molecular formula is C12H18O2. The second-order valence-electron chi connectivity index (χ2n) is 3.53. The lowest BCUT2D eigenvalue weighted by Gasteiger charge is -2.14. The second kappa shape index (κ2) is 5.66. The van der Waals surface area contributed by atoms with Gasteiger partial charge in [0, 0.05) is 12.5 Å². The van der Waals surface area contributed by atoms with Gasteiger partial charge in [-0.05, 0) is 25.0 Å². The van der Waals surface area contributed by atoms with E-state index in [1.165, 1.54) is 0 Å². The topological polar surface area (TPSA) is 29.5 Å². The summed E-state index contributed by atoms with van der Waals surface area (Å²) in [7, 11) is 0. The van der Waals surface area contributed by atoms with Gasteiger partial charge in [-0.3, -0.25) is 0 Å². The van der Waals surface area contributed by atoms with Crippen LogP contribution in [0.15, 0.2) is 24.3 Å². The van der Waals surface area contributed by atoms with Gasteiger partial charge in [-0.15, -0.1) is 0 Å². The number of aryl methyl sites for hydroxylation is 1. The lowest BCUT2D eigenvalue weighted by molar-refractivity contribution is 0.159. The van der Waals surface area contributed by atoms with Crippen LogP contribution in [0.5, 0.6) is 5.75 Å². The first-order chi connectivity index (χ1) is 6.77. The van der Waals surface area contributed by atoms with E-state index in [2.05, 4.69) is 6.92 Å². The number of hydrogen-bond donors (Lipinski definition) is 1. The highest BCUT2D eigenvalue weighted by Crippen LogP contribution is 2.17. The van der Waals surface area contributed by atoms with Crippen molar-refractivity contribution in [2.75, 3.05) is 13.2 Å². The normalized spacial score (nSPS) is 12.5. The average molecular weight is 194 g/mol. The van der Waals surface area contributed by atoms with Crippen LogP contribution in [-0.4, -0.2) is 18.3 Å². The van der Waals surface area contributed by atoms with Crippen molar-refractivity contribution in [2.24, 2.45) is 5.92 Å². The summed E-state index contributed by atoms with van der Waals surface area (Å²) in [4.78, 5) is 0. The molecule has 0 aliphatic rings. The fraction of sp³-hybridized carbons (Fsp3) is 0.500. The maximum atomic E-state index is 8.99. The van der Waals surface area contributed by atoms with Crippen molar-refractivity contribution in [1.29, 1.82) is 0 Å². The van der Waals surface area contributed by atoms with Crippen molar-refractivity contribution in [1.82, 2.24) is 0 Å². The predicted octanol–water partition coefficient (Wildman–Crippen LogP) is 2.39. The molecule has 1 atom stereocenters. The molecule has 1 aromatic rings. The van der Waals surface area contributed by atoms with E-state index in [-0.39, 0.29) is 12.5 Å². The maximum absolute atomic E-state index is 8.99. The molecule has 2 nitrogen and oxygen atoms in total. The van der Waals surface area contributed by atoms with Crippen molar-refractivity contribution in [3.8, 4) is 5.75 Å². The molecular weight excluding hydrogens is 176 g/mol. The molecule has 1 rings (SSSR count). The van der Waals surface area contributed by atoms with E-state index in [1.54, 1.807) is 0 Å². The molecule has 0 amide bonds.